The van der Waals surface area contributed by atoms with Crippen LogP contribution in [0.2, 0.25) is 0 Å². The molecule has 1 fully saturated rings. The van der Waals surface area contributed by atoms with Gasteiger partial charge in [0, 0.05) is 17.1 Å². The Kier molecular flexibility index (Phi) is 5.19. The molecule has 6 nitrogen and oxygen atoms in total. The van der Waals surface area contributed by atoms with E-state index in [9.17, 15) is 9.59 Å². The molecule has 1 aromatic carbocycles. The normalized spacial score (nSPS) is 20.5. The van der Waals surface area contributed by atoms with Crippen molar-refractivity contribution in [2.24, 2.45) is 0 Å². The SMILES string of the molecule is CCOC1CC(NC(=O)Nc2ccc(C(=O)O)cc2Br)C1. The predicted octanol–water partition coefficient (Wildman–Crippen LogP) is 2.84. The van der Waals surface area contributed by atoms with Crippen LogP contribution in [-0.4, -0.2) is 35.9 Å². The van der Waals surface area contributed by atoms with E-state index < -0.39 is 5.97 Å². The number of carboxylic acids is 1. The Balaban J connectivity index is 1.85. The van der Waals surface area contributed by atoms with Gasteiger partial charge in [-0.05, 0) is 53.9 Å². The van der Waals surface area contributed by atoms with E-state index in [1.807, 2.05) is 6.92 Å². The van der Waals surface area contributed by atoms with Crippen LogP contribution in [0.3, 0.4) is 0 Å². The van der Waals surface area contributed by atoms with Crippen molar-refractivity contribution < 1.29 is 19.4 Å². The van der Waals surface area contributed by atoms with Gasteiger partial charge in [0.15, 0.2) is 0 Å². The van der Waals surface area contributed by atoms with Gasteiger partial charge in [-0.15, -0.1) is 0 Å². The summed E-state index contributed by atoms with van der Waals surface area (Å²) in [6.07, 6.45) is 1.88. The van der Waals surface area contributed by atoms with E-state index in [-0.39, 0.29) is 23.7 Å². The highest BCUT2D eigenvalue weighted by Crippen LogP contribution is 2.25. The average molecular weight is 357 g/mol. The Labute approximate surface area is 131 Å². The van der Waals surface area contributed by atoms with Crippen LogP contribution in [0.15, 0.2) is 22.7 Å². The fraction of sp³-hybridized carbons (Fsp3) is 0.429. The minimum absolute atomic E-state index is 0.124. The summed E-state index contributed by atoms with van der Waals surface area (Å²) in [6, 6.07) is 4.26. The molecule has 0 bridgehead atoms. The van der Waals surface area contributed by atoms with Crippen molar-refractivity contribution in [3.05, 3.63) is 28.2 Å². The van der Waals surface area contributed by atoms with E-state index in [4.69, 9.17) is 9.84 Å². The molecule has 3 N–H and O–H groups in total. The maximum absolute atomic E-state index is 11.9. The molecule has 0 unspecified atom stereocenters. The van der Waals surface area contributed by atoms with Crippen LogP contribution >= 0.6 is 15.9 Å². The lowest BCUT2D eigenvalue weighted by atomic mass is 9.89. The molecular weight excluding hydrogens is 340 g/mol. The Bertz CT molecular complexity index is 544. The quantitative estimate of drug-likeness (QED) is 0.756. The van der Waals surface area contributed by atoms with Crippen molar-refractivity contribution in [1.82, 2.24) is 5.32 Å². The van der Waals surface area contributed by atoms with Crippen LogP contribution in [0.25, 0.3) is 0 Å². The van der Waals surface area contributed by atoms with E-state index >= 15 is 0 Å². The molecule has 7 heteroatoms. The molecule has 21 heavy (non-hydrogen) atoms. The Morgan fingerprint density at radius 2 is 2.14 bits per heavy atom. The second-order valence-corrected chi connectivity index (χ2v) is 5.70. The van der Waals surface area contributed by atoms with Gasteiger partial charge in [-0.1, -0.05) is 0 Å². The zero-order valence-corrected chi connectivity index (χ0v) is 13.1. The van der Waals surface area contributed by atoms with Crippen LogP contribution in [0, 0.1) is 0 Å². The first-order valence-electron chi connectivity index (χ1n) is 6.71. The third-order valence-corrected chi connectivity index (χ3v) is 3.95. The molecule has 0 aliphatic heterocycles. The molecule has 0 heterocycles. The van der Waals surface area contributed by atoms with Crippen molar-refractivity contribution in [2.75, 3.05) is 11.9 Å². The van der Waals surface area contributed by atoms with Gasteiger partial charge >= 0.3 is 12.0 Å². The number of carbonyl (C=O) groups is 2. The molecule has 1 aliphatic carbocycles. The maximum atomic E-state index is 11.9. The zero-order valence-electron chi connectivity index (χ0n) is 11.6. The van der Waals surface area contributed by atoms with Gasteiger partial charge in [0.1, 0.15) is 0 Å². The number of aromatic carboxylic acids is 1. The molecule has 1 aliphatic rings. The van der Waals surface area contributed by atoms with E-state index in [0.29, 0.717) is 16.8 Å². The first-order valence-corrected chi connectivity index (χ1v) is 7.51. The Hall–Kier alpha value is -1.60. The lowest BCUT2D eigenvalue weighted by Gasteiger charge is -2.35. The smallest absolute Gasteiger partial charge is 0.335 e. The maximum Gasteiger partial charge on any atom is 0.335 e. The van der Waals surface area contributed by atoms with Gasteiger partial charge in [0.25, 0.3) is 0 Å². The van der Waals surface area contributed by atoms with Crippen LogP contribution in [-0.2, 0) is 4.74 Å². The zero-order chi connectivity index (χ0) is 15.4. The number of hydrogen-bond donors (Lipinski definition) is 3. The van der Waals surface area contributed by atoms with Gasteiger partial charge in [-0.25, -0.2) is 9.59 Å². The highest BCUT2D eigenvalue weighted by atomic mass is 79.9. The third-order valence-electron chi connectivity index (χ3n) is 3.30. The number of halogens is 1. The lowest BCUT2D eigenvalue weighted by Crippen LogP contribution is -2.49. The first kappa shape index (κ1) is 15.8. The van der Waals surface area contributed by atoms with E-state index in [2.05, 4.69) is 26.6 Å². The molecule has 1 saturated carbocycles. The summed E-state index contributed by atoms with van der Waals surface area (Å²) in [5.74, 6) is -1.01. The minimum atomic E-state index is -1.01. The van der Waals surface area contributed by atoms with Crippen molar-refractivity contribution in [1.29, 1.82) is 0 Å². The summed E-state index contributed by atoms with van der Waals surface area (Å²) < 4.78 is 5.95. The van der Waals surface area contributed by atoms with Gasteiger partial charge in [-0.3, -0.25) is 0 Å². The van der Waals surface area contributed by atoms with Gasteiger partial charge < -0.3 is 20.5 Å². The highest BCUT2D eigenvalue weighted by Gasteiger charge is 2.30. The molecule has 0 atom stereocenters. The predicted molar refractivity (Wildman–Crippen MR) is 81.7 cm³/mol. The van der Waals surface area contributed by atoms with Gasteiger partial charge in [0.05, 0.1) is 17.4 Å². The average Bonchev–Trinajstić information content (AvgIpc) is 2.38. The van der Waals surface area contributed by atoms with Crippen molar-refractivity contribution in [3.63, 3.8) is 0 Å². The number of rotatable bonds is 5. The summed E-state index contributed by atoms with van der Waals surface area (Å²) in [4.78, 5) is 22.7. The van der Waals surface area contributed by atoms with E-state index in [1.165, 1.54) is 12.1 Å². The third kappa shape index (κ3) is 4.18. The molecule has 2 amide bonds. The van der Waals surface area contributed by atoms with Crippen LogP contribution in [0.1, 0.15) is 30.1 Å². The molecule has 0 spiro atoms. The number of anilines is 1. The van der Waals surface area contributed by atoms with E-state index in [1.54, 1.807) is 6.07 Å². The number of hydrogen-bond acceptors (Lipinski definition) is 3. The summed E-state index contributed by atoms with van der Waals surface area (Å²) in [7, 11) is 0. The number of carbonyl (C=O) groups excluding carboxylic acids is 1. The molecule has 2 rings (SSSR count). The second kappa shape index (κ2) is 6.91. The van der Waals surface area contributed by atoms with Crippen molar-refractivity contribution >= 4 is 33.6 Å². The number of nitrogens with one attached hydrogen (secondary N) is 2. The molecular formula is C14H17BrN2O4. The van der Waals surface area contributed by atoms with Crippen molar-refractivity contribution in [3.8, 4) is 0 Å². The van der Waals surface area contributed by atoms with Crippen LogP contribution < -0.4 is 10.6 Å². The molecule has 1 aromatic rings. The number of ether oxygens (including phenoxy) is 1. The molecule has 0 radical (unpaired) electrons. The highest BCUT2D eigenvalue weighted by molar-refractivity contribution is 9.10. The molecule has 0 saturated heterocycles. The monoisotopic (exact) mass is 356 g/mol. The minimum Gasteiger partial charge on any atom is -0.478 e. The number of carboxylic acid groups (broad SMARTS) is 1. The summed E-state index contributed by atoms with van der Waals surface area (Å²) in [5, 5.41) is 14.4. The van der Waals surface area contributed by atoms with Gasteiger partial charge in [-0.2, -0.15) is 0 Å². The number of urea groups is 1. The first-order chi connectivity index (χ1) is 9.99. The Morgan fingerprint density at radius 3 is 2.71 bits per heavy atom. The number of amides is 2. The summed E-state index contributed by atoms with van der Waals surface area (Å²) in [5.41, 5.74) is 0.685. The summed E-state index contributed by atoms with van der Waals surface area (Å²) in [6.45, 7) is 2.64. The molecule has 0 aromatic heterocycles. The van der Waals surface area contributed by atoms with Crippen LogP contribution in [0.4, 0.5) is 10.5 Å². The standard InChI is InChI=1S/C14H17BrN2O4/c1-2-21-10-6-9(7-10)16-14(20)17-12-4-3-8(13(18)19)5-11(12)15/h3-5,9-10H,2,6-7H2,1H3,(H,18,19)(H2,16,17,20). The summed E-state index contributed by atoms with van der Waals surface area (Å²) >= 11 is 3.25. The second-order valence-electron chi connectivity index (χ2n) is 4.84. The lowest BCUT2D eigenvalue weighted by molar-refractivity contribution is -0.00673. The fourth-order valence-electron chi connectivity index (χ4n) is 2.15. The Morgan fingerprint density at radius 1 is 1.43 bits per heavy atom. The fourth-order valence-corrected chi connectivity index (χ4v) is 2.63. The van der Waals surface area contributed by atoms with E-state index in [0.717, 1.165) is 12.8 Å². The van der Waals surface area contributed by atoms with Crippen molar-refractivity contribution in [2.45, 2.75) is 31.9 Å². The topological polar surface area (TPSA) is 87.7 Å². The van der Waals surface area contributed by atoms with Crippen LogP contribution in [0.5, 0.6) is 0 Å². The molecule has 114 valence electrons. The number of benzene rings is 1. The largest absolute Gasteiger partial charge is 0.478 e. The van der Waals surface area contributed by atoms with Gasteiger partial charge in [0.2, 0.25) is 0 Å².